The maximum atomic E-state index is 13.5. The number of para-hydroxylation sites is 1. The first kappa shape index (κ1) is 26.5. The Morgan fingerprint density at radius 3 is 2.43 bits per heavy atom. The molecule has 3 aromatic rings. The van der Waals surface area contributed by atoms with Gasteiger partial charge >= 0.3 is 0 Å². The van der Waals surface area contributed by atoms with Gasteiger partial charge in [-0.05, 0) is 48.0 Å². The molecule has 1 atom stereocenters. The van der Waals surface area contributed by atoms with Crippen LogP contribution in [0, 0.1) is 5.82 Å². The van der Waals surface area contributed by atoms with E-state index in [0.717, 1.165) is 5.56 Å². The number of carbonyl (C=O) groups is 1. The molecule has 1 N–H and O–H groups in total. The fourth-order valence-electron chi connectivity index (χ4n) is 4.30. The molecule has 0 aliphatic carbocycles. The fraction of sp³-hybridized carbons (Fsp3) is 0.250. The van der Waals surface area contributed by atoms with Crippen molar-refractivity contribution >= 4 is 21.6 Å². The molecular formula is C28H30FN3O4S. The van der Waals surface area contributed by atoms with Crippen LogP contribution in [0.3, 0.4) is 0 Å². The van der Waals surface area contributed by atoms with Crippen LogP contribution in [0.1, 0.15) is 22.0 Å². The number of halogens is 1. The molecular weight excluding hydrogens is 493 g/mol. The van der Waals surface area contributed by atoms with Gasteiger partial charge in [-0.1, -0.05) is 42.5 Å². The second-order valence-corrected chi connectivity index (χ2v) is 10.5. The molecule has 194 valence electrons. The molecule has 0 aromatic heterocycles. The van der Waals surface area contributed by atoms with Crippen LogP contribution in [0.4, 0.5) is 10.1 Å². The number of morpholine rings is 1. The zero-order chi connectivity index (χ0) is 26.3. The van der Waals surface area contributed by atoms with Gasteiger partial charge in [-0.3, -0.25) is 14.0 Å². The number of anilines is 1. The van der Waals surface area contributed by atoms with Gasteiger partial charge in [0.15, 0.2) is 0 Å². The van der Waals surface area contributed by atoms with E-state index < -0.39 is 15.9 Å². The van der Waals surface area contributed by atoms with Gasteiger partial charge in [0.1, 0.15) is 5.82 Å². The lowest BCUT2D eigenvalue weighted by atomic mass is 10.0. The summed E-state index contributed by atoms with van der Waals surface area (Å²) in [6.45, 7) is 6.57. The number of nitrogens with zero attached hydrogens (tertiary/aromatic N) is 2. The molecule has 1 saturated heterocycles. The first-order valence-electron chi connectivity index (χ1n) is 12.0. The van der Waals surface area contributed by atoms with Crippen molar-refractivity contribution in [3.8, 4) is 0 Å². The van der Waals surface area contributed by atoms with E-state index in [1.807, 2.05) is 6.07 Å². The molecule has 4 rings (SSSR count). The number of rotatable bonds is 10. The number of nitrogens with one attached hydrogen (secondary N) is 1. The Kier molecular flexibility index (Phi) is 8.70. The summed E-state index contributed by atoms with van der Waals surface area (Å²) < 4.78 is 47.2. The van der Waals surface area contributed by atoms with Crippen molar-refractivity contribution in [2.45, 2.75) is 10.9 Å². The molecule has 0 bridgehead atoms. The third-order valence-corrected chi connectivity index (χ3v) is 8.01. The fourth-order valence-corrected chi connectivity index (χ4v) is 5.78. The molecule has 0 unspecified atom stereocenters. The van der Waals surface area contributed by atoms with Crippen molar-refractivity contribution in [1.29, 1.82) is 0 Å². The van der Waals surface area contributed by atoms with Crippen molar-refractivity contribution < 1.29 is 22.3 Å². The minimum atomic E-state index is -3.94. The Hall–Kier alpha value is -3.53. The van der Waals surface area contributed by atoms with Crippen molar-refractivity contribution in [2.75, 3.05) is 43.7 Å². The summed E-state index contributed by atoms with van der Waals surface area (Å²) in [5.74, 6) is -0.722. The SMILES string of the molecule is C=CCN(c1ccccc1)S(=O)(=O)c1cccc(C(=O)NC[C@@H](c2ccc(F)cc2)N2CCOCC2)c1. The molecule has 1 aliphatic rings. The highest BCUT2D eigenvalue weighted by molar-refractivity contribution is 7.92. The van der Waals surface area contributed by atoms with E-state index in [9.17, 15) is 17.6 Å². The summed E-state index contributed by atoms with van der Waals surface area (Å²) in [7, 11) is -3.94. The second kappa shape index (κ2) is 12.1. The Morgan fingerprint density at radius 1 is 1.05 bits per heavy atom. The van der Waals surface area contributed by atoms with Crippen LogP contribution in [0.15, 0.2) is 96.4 Å². The van der Waals surface area contributed by atoms with Crippen LogP contribution in [-0.4, -0.2) is 58.6 Å². The monoisotopic (exact) mass is 523 g/mol. The predicted octanol–water partition coefficient (Wildman–Crippen LogP) is 4.01. The minimum absolute atomic E-state index is 0.00844. The normalized spacial score (nSPS) is 15.1. The Balaban J connectivity index is 1.54. The van der Waals surface area contributed by atoms with E-state index >= 15 is 0 Å². The summed E-state index contributed by atoms with van der Waals surface area (Å²) in [6.07, 6.45) is 1.52. The average Bonchev–Trinajstić information content (AvgIpc) is 2.93. The zero-order valence-electron chi connectivity index (χ0n) is 20.4. The van der Waals surface area contributed by atoms with Gasteiger partial charge in [-0.2, -0.15) is 0 Å². The lowest BCUT2D eigenvalue weighted by molar-refractivity contribution is 0.0162. The van der Waals surface area contributed by atoms with Gasteiger partial charge in [-0.25, -0.2) is 12.8 Å². The lowest BCUT2D eigenvalue weighted by Gasteiger charge is -2.35. The molecule has 0 spiro atoms. The van der Waals surface area contributed by atoms with Gasteiger partial charge in [-0.15, -0.1) is 6.58 Å². The summed E-state index contributed by atoms with van der Waals surface area (Å²) in [5.41, 5.74) is 1.61. The molecule has 37 heavy (non-hydrogen) atoms. The molecule has 3 aromatic carbocycles. The van der Waals surface area contributed by atoms with E-state index in [0.29, 0.717) is 32.0 Å². The molecule has 7 nitrogen and oxygen atoms in total. The number of sulfonamides is 1. The van der Waals surface area contributed by atoms with Crippen molar-refractivity contribution in [2.24, 2.45) is 0 Å². The van der Waals surface area contributed by atoms with Crippen molar-refractivity contribution in [3.05, 3.63) is 108 Å². The van der Waals surface area contributed by atoms with Crippen LogP contribution in [0.25, 0.3) is 0 Å². The van der Waals surface area contributed by atoms with Crippen molar-refractivity contribution in [1.82, 2.24) is 10.2 Å². The topological polar surface area (TPSA) is 79.0 Å². The Morgan fingerprint density at radius 2 is 1.76 bits per heavy atom. The van der Waals surface area contributed by atoms with E-state index in [4.69, 9.17) is 4.74 Å². The number of hydrogen-bond acceptors (Lipinski definition) is 5. The van der Waals surface area contributed by atoms with E-state index in [2.05, 4.69) is 16.8 Å². The number of hydrogen-bond donors (Lipinski definition) is 1. The van der Waals surface area contributed by atoms with Crippen LogP contribution < -0.4 is 9.62 Å². The second-order valence-electron chi connectivity index (χ2n) is 8.61. The molecule has 0 saturated carbocycles. The van der Waals surface area contributed by atoms with Crippen LogP contribution in [0.5, 0.6) is 0 Å². The highest BCUT2D eigenvalue weighted by atomic mass is 32.2. The third kappa shape index (κ3) is 6.43. The first-order chi connectivity index (χ1) is 17.9. The molecule has 0 radical (unpaired) electrons. The maximum Gasteiger partial charge on any atom is 0.264 e. The molecule has 1 amide bonds. The maximum absolute atomic E-state index is 13.5. The molecule has 1 heterocycles. The van der Waals surface area contributed by atoms with E-state index in [1.165, 1.54) is 34.6 Å². The van der Waals surface area contributed by atoms with Crippen LogP contribution in [0.2, 0.25) is 0 Å². The van der Waals surface area contributed by atoms with Crippen molar-refractivity contribution in [3.63, 3.8) is 0 Å². The van der Waals surface area contributed by atoms with Gasteiger partial charge in [0, 0.05) is 25.2 Å². The lowest BCUT2D eigenvalue weighted by Crippen LogP contribution is -2.43. The standard InChI is InChI=1S/C28H30FN3O4S/c1-2-15-32(25-8-4-3-5-9-25)37(34,35)26-10-6-7-23(20-26)28(33)30-21-27(31-16-18-36-19-17-31)22-11-13-24(29)14-12-22/h2-14,20,27H,1,15-19,21H2,(H,30,33)/t27-/m0/s1. The first-order valence-corrected chi connectivity index (χ1v) is 13.5. The van der Waals surface area contributed by atoms with Gasteiger partial charge in [0.25, 0.3) is 15.9 Å². The van der Waals surface area contributed by atoms with Crippen LogP contribution >= 0.6 is 0 Å². The van der Waals surface area contributed by atoms with E-state index in [-0.39, 0.29) is 35.4 Å². The van der Waals surface area contributed by atoms with Gasteiger partial charge < -0.3 is 10.1 Å². The number of benzene rings is 3. The molecule has 1 fully saturated rings. The average molecular weight is 524 g/mol. The quantitative estimate of drug-likeness (QED) is 0.407. The zero-order valence-corrected chi connectivity index (χ0v) is 21.2. The highest BCUT2D eigenvalue weighted by Gasteiger charge is 2.26. The largest absolute Gasteiger partial charge is 0.379 e. The number of ether oxygens (including phenoxy) is 1. The Bertz CT molecular complexity index is 1310. The van der Waals surface area contributed by atoms with E-state index in [1.54, 1.807) is 48.5 Å². The summed E-state index contributed by atoms with van der Waals surface area (Å²) in [5, 5.41) is 2.93. The van der Waals surface area contributed by atoms with Crippen LogP contribution in [-0.2, 0) is 14.8 Å². The highest BCUT2D eigenvalue weighted by Crippen LogP contribution is 2.25. The number of carbonyl (C=O) groups excluding carboxylic acids is 1. The Labute approximate surface area is 217 Å². The minimum Gasteiger partial charge on any atom is -0.379 e. The number of amides is 1. The predicted molar refractivity (Wildman–Crippen MR) is 141 cm³/mol. The summed E-state index contributed by atoms with van der Waals surface area (Å²) in [4.78, 5) is 15.3. The third-order valence-electron chi connectivity index (χ3n) is 6.22. The van der Waals surface area contributed by atoms with Gasteiger partial charge in [0.2, 0.25) is 0 Å². The summed E-state index contributed by atoms with van der Waals surface area (Å²) in [6, 6.07) is 20.8. The smallest absolute Gasteiger partial charge is 0.264 e. The van der Waals surface area contributed by atoms with Gasteiger partial charge in [0.05, 0.1) is 36.4 Å². The molecule has 1 aliphatic heterocycles. The summed E-state index contributed by atoms with van der Waals surface area (Å²) >= 11 is 0. The molecule has 9 heteroatoms.